The topological polar surface area (TPSA) is 33.4 Å². The lowest BCUT2D eigenvalue weighted by molar-refractivity contribution is 0.477. The molecule has 0 saturated carbocycles. The van der Waals surface area contributed by atoms with Crippen molar-refractivity contribution in [3.8, 4) is 50.3 Å². The molecule has 0 saturated heterocycles. The van der Waals surface area contributed by atoms with Gasteiger partial charge < -0.3 is 9.52 Å². The maximum Gasteiger partial charge on any atom is 0.135 e. The van der Waals surface area contributed by atoms with Crippen LogP contribution in [0, 0.1) is 76.2 Å². The predicted octanol–water partition coefficient (Wildman–Crippen LogP) is 18.5. The number of fused-ring (bicyclic) bond motifs is 9. The fourth-order valence-electron chi connectivity index (χ4n) is 12.1. The molecule has 0 aliphatic heterocycles. The third kappa shape index (κ3) is 6.92. The zero-order valence-corrected chi connectivity index (χ0v) is 40.6. The van der Waals surface area contributed by atoms with Gasteiger partial charge in [0.25, 0.3) is 0 Å². The second kappa shape index (κ2) is 15.6. The van der Waals surface area contributed by atoms with E-state index in [1.807, 2.05) is 6.07 Å². The molecule has 2 nitrogen and oxygen atoms in total. The van der Waals surface area contributed by atoms with Crippen LogP contribution in [0.15, 0.2) is 138 Å². The van der Waals surface area contributed by atoms with Gasteiger partial charge in [0.15, 0.2) is 0 Å². The van der Waals surface area contributed by atoms with Gasteiger partial charge in [-0.25, -0.2) is 0 Å². The van der Waals surface area contributed by atoms with Crippen molar-refractivity contribution in [2.75, 3.05) is 0 Å². The summed E-state index contributed by atoms with van der Waals surface area (Å²) in [6.45, 7) is 24.1. The Kier molecular flexibility index (Phi) is 9.83. The molecule has 0 radical (unpaired) electrons. The summed E-state index contributed by atoms with van der Waals surface area (Å²) in [7, 11) is 0. The number of hydrogen-bond acceptors (Lipinski definition) is 2. The average Bonchev–Trinajstić information content (AvgIpc) is 3.29. The molecule has 0 amide bonds. The summed E-state index contributed by atoms with van der Waals surface area (Å²) in [5.41, 5.74) is 24.3. The molecular formula is C65H56O2. The van der Waals surface area contributed by atoms with Crippen molar-refractivity contribution in [3.05, 3.63) is 195 Å². The van der Waals surface area contributed by atoms with Crippen LogP contribution < -0.4 is 0 Å². The van der Waals surface area contributed by atoms with Crippen LogP contribution in [0.4, 0.5) is 0 Å². The Morgan fingerprint density at radius 3 is 1.33 bits per heavy atom. The van der Waals surface area contributed by atoms with Crippen molar-refractivity contribution in [3.63, 3.8) is 0 Å². The van der Waals surface area contributed by atoms with Crippen LogP contribution in [0.25, 0.3) is 110 Å². The maximum atomic E-state index is 12.1. The van der Waals surface area contributed by atoms with Gasteiger partial charge >= 0.3 is 0 Å². The molecular weight excluding hydrogens is 813 g/mol. The van der Waals surface area contributed by atoms with E-state index in [0.717, 1.165) is 87.3 Å². The molecule has 0 spiro atoms. The first-order valence-electron chi connectivity index (χ1n) is 23.6. The minimum Gasteiger partial charge on any atom is -0.507 e. The van der Waals surface area contributed by atoms with Crippen LogP contribution in [-0.4, -0.2) is 5.11 Å². The van der Waals surface area contributed by atoms with E-state index in [-0.39, 0.29) is 5.75 Å². The number of hydrogen-bond donors (Lipinski definition) is 1. The van der Waals surface area contributed by atoms with E-state index in [0.29, 0.717) is 0 Å². The number of aryl methyl sites for hydroxylation is 11. The minimum absolute atomic E-state index is 0.261. The highest BCUT2D eigenvalue weighted by Crippen LogP contribution is 2.47. The highest BCUT2D eigenvalue weighted by molar-refractivity contribution is 6.29. The molecule has 0 fully saturated rings. The number of phenols is 1. The fraction of sp³-hybridized carbons (Fsp3) is 0.169. The first kappa shape index (κ1) is 42.2. The number of phenolic OH excluding ortho intramolecular Hbond substituents is 1. The van der Waals surface area contributed by atoms with E-state index in [2.05, 4.69) is 204 Å². The van der Waals surface area contributed by atoms with E-state index < -0.39 is 0 Å². The van der Waals surface area contributed by atoms with Gasteiger partial charge in [-0.1, -0.05) is 95.6 Å². The largest absolute Gasteiger partial charge is 0.507 e. The van der Waals surface area contributed by atoms with E-state index >= 15 is 0 Å². The van der Waals surface area contributed by atoms with Gasteiger partial charge in [-0.05, 0) is 257 Å². The molecule has 328 valence electrons. The Morgan fingerprint density at radius 2 is 0.731 bits per heavy atom. The summed E-state index contributed by atoms with van der Waals surface area (Å²) in [6, 6.07) is 49.7. The van der Waals surface area contributed by atoms with Crippen molar-refractivity contribution >= 4 is 65.0 Å². The predicted molar refractivity (Wildman–Crippen MR) is 288 cm³/mol. The van der Waals surface area contributed by atoms with Crippen LogP contribution in [0.5, 0.6) is 5.75 Å². The maximum absolute atomic E-state index is 12.1. The molecule has 10 aromatic carbocycles. The number of benzene rings is 10. The standard InChI is InChI=1S/C65H56O2/c1-34-20-38(5)62(39(6)21-34)45-12-16-49-51(28-45)55(57-30-46(14-18-59(57)66)63-40(7)22-35(2)23-41(63)8)32-53-50-17-13-48-29-52(50)56(33-54(49)53)58-31-47(64-42(9)24-36(3)25-43(64)10)15-19-60(58)67-61-27-37(4)26-44(11)65(48)61/h12-33,66H,1-11H3. The molecule has 0 aliphatic carbocycles. The molecule has 2 heteroatoms. The van der Waals surface area contributed by atoms with Gasteiger partial charge in [-0.15, -0.1) is 0 Å². The van der Waals surface area contributed by atoms with Crippen LogP contribution in [-0.2, 0) is 0 Å². The minimum atomic E-state index is 0.261. The van der Waals surface area contributed by atoms with Gasteiger partial charge in [0.2, 0.25) is 0 Å². The quantitative estimate of drug-likeness (QED) is 0.179. The third-order valence-electron chi connectivity index (χ3n) is 14.5. The van der Waals surface area contributed by atoms with Crippen LogP contribution in [0.1, 0.15) is 61.2 Å². The Labute approximate surface area is 393 Å². The Hall–Kier alpha value is -7.42. The smallest absolute Gasteiger partial charge is 0.135 e. The Balaban J connectivity index is 1.32. The van der Waals surface area contributed by atoms with E-state index in [9.17, 15) is 5.11 Å². The van der Waals surface area contributed by atoms with Crippen molar-refractivity contribution < 1.29 is 9.52 Å². The average molecular weight is 869 g/mol. The molecule has 11 aromatic rings. The third-order valence-corrected chi connectivity index (χ3v) is 14.5. The van der Waals surface area contributed by atoms with Crippen molar-refractivity contribution in [2.24, 2.45) is 0 Å². The van der Waals surface area contributed by atoms with E-state index in [1.54, 1.807) is 0 Å². The lowest BCUT2D eigenvalue weighted by atomic mass is 9.85. The Morgan fingerprint density at radius 1 is 0.299 bits per heavy atom. The van der Waals surface area contributed by atoms with Gasteiger partial charge in [0.1, 0.15) is 16.9 Å². The van der Waals surface area contributed by atoms with E-state index in [4.69, 9.17) is 4.42 Å². The lowest BCUT2D eigenvalue weighted by Crippen LogP contribution is -1.94. The monoisotopic (exact) mass is 868 g/mol. The molecule has 1 aromatic heterocycles. The molecule has 0 atom stereocenters. The highest BCUT2D eigenvalue weighted by Gasteiger charge is 2.20. The summed E-state index contributed by atoms with van der Waals surface area (Å²) in [4.78, 5) is 0. The Bertz CT molecular complexity index is 3920. The number of aromatic hydroxyl groups is 1. The second-order valence-corrected chi connectivity index (χ2v) is 19.8. The molecule has 1 heterocycles. The fourth-order valence-corrected chi connectivity index (χ4v) is 12.1. The molecule has 11 rings (SSSR count). The first-order valence-corrected chi connectivity index (χ1v) is 23.6. The zero-order chi connectivity index (χ0) is 46.7. The molecule has 2 bridgehead atoms. The van der Waals surface area contributed by atoms with Crippen molar-refractivity contribution in [1.82, 2.24) is 0 Å². The zero-order valence-electron chi connectivity index (χ0n) is 40.6. The van der Waals surface area contributed by atoms with Gasteiger partial charge in [0.05, 0.1) is 0 Å². The van der Waals surface area contributed by atoms with Crippen LogP contribution >= 0.6 is 0 Å². The summed E-state index contributed by atoms with van der Waals surface area (Å²) in [5, 5.41) is 23.3. The lowest BCUT2D eigenvalue weighted by Gasteiger charge is -2.19. The second-order valence-electron chi connectivity index (χ2n) is 19.8. The first-order chi connectivity index (χ1) is 32.1. The SMILES string of the molecule is Cc1cc(C)c(-c2ccc(O)c(-c3cc4c(cc5c6cc(-c7c(C)cc(C)cc7C)ccc6oc6cc(C)cc(C)c6c6ccc4c5c6)c4ccc(-c5c(C)cc(C)cc5C)cc34)c2)c(C)c1. The van der Waals surface area contributed by atoms with Gasteiger partial charge in [-0.2, -0.15) is 0 Å². The highest BCUT2D eigenvalue weighted by atomic mass is 16.3. The molecule has 0 aliphatic rings. The van der Waals surface area contributed by atoms with Crippen molar-refractivity contribution in [2.45, 2.75) is 76.2 Å². The van der Waals surface area contributed by atoms with Crippen LogP contribution in [0.2, 0.25) is 0 Å². The molecule has 0 unspecified atom stereocenters. The summed E-state index contributed by atoms with van der Waals surface area (Å²) in [6.07, 6.45) is 0. The van der Waals surface area contributed by atoms with Gasteiger partial charge in [0, 0.05) is 16.3 Å². The summed E-state index contributed by atoms with van der Waals surface area (Å²) < 4.78 is 7.16. The number of rotatable bonds is 4. The van der Waals surface area contributed by atoms with Gasteiger partial charge in [-0.3, -0.25) is 0 Å². The summed E-state index contributed by atoms with van der Waals surface area (Å²) >= 11 is 0. The molecule has 67 heavy (non-hydrogen) atoms. The van der Waals surface area contributed by atoms with Crippen molar-refractivity contribution in [1.29, 1.82) is 0 Å². The van der Waals surface area contributed by atoms with E-state index in [1.165, 1.54) is 83.5 Å². The summed E-state index contributed by atoms with van der Waals surface area (Å²) in [5.74, 6) is 0.261. The normalized spacial score (nSPS) is 11.9. The molecule has 1 N–H and O–H groups in total. The van der Waals surface area contributed by atoms with Crippen LogP contribution in [0.3, 0.4) is 0 Å².